The van der Waals surface area contributed by atoms with Crippen molar-refractivity contribution in [1.29, 1.82) is 0 Å². The van der Waals surface area contributed by atoms with E-state index in [0.29, 0.717) is 6.61 Å². The summed E-state index contributed by atoms with van der Waals surface area (Å²) in [6, 6.07) is 7.99. The van der Waals surface area contributed by atoms with Gasteiger partial charge in [0.25, 0.3) is 0 Å². The van der Waals surface area contributed by atoms with Crippen molar-refractivity contribution < 1.29 is 4.74 Å². The molecule has 132 valence electrons. The van der Waals surface area contributed by atoms with Gasteiger partial charge < -0.3 is 15.0 Å². The van der Waals surface area contributed by atoms with Crippen LogP contribution in [0.1, 0.15) is 16.3 Å². The van der Waals surface area contributed by atoms with Crippen LogP contribution in [0.15, 0.2) is 34.6 Å². The Labute approximate surface area is 153 Å². The fraction of sp³-hybridized carbons (Fsp3) is 0.368. The maximum atomic E-state index is 5.38. The number of rotatable bonds is 7. The Morgan fingerprint density at radius 2 is 2.16 bits per heavy atom. The zero-order chi connectivity index (χ0) is 18.1. The lowest BCUT2D eigenvalue weighted by atomic mass is 10.1. The summed E-state index contributed by atoms with van der Waals surface area (Å²) >= 11 is 1.67. The summed E-state index contributed by atoms with van der Waals surface area (Å²) < 4.78 is 5.38. The van der Waals surface area contributed by atoms with Gasteiger partial charge in [0, 0.05) is 26.0 Å². The SMILES string of the molecule is C#CCOc1ccc(CCNC(=NC)N(C)Cc2csc(C)n2)cc1. The third kappa shape index (κ3) is 6.12. The summed E-state index contributed by atoms with van der Waals surface area (Å²) in [6.45, 7) is 3.86. The molecule has 0 aliphatic rings. The summed E-state index contributed by atoms with van der Waals surface area (Å²) in [7, 11) is 3.81. The number of hydrogen-bond acceptors (Lipinski definition) is 4. The standard InChI is InChI=1S/C19H24N4OS/c1-5-12-24-18-8-6-16(7-9-18)10-11-21-19(20-3)23(4)13-17-14-25-15(2)22-17/h1,6-9,14H,10-13H2,2-4H3,(H,20,21). The van der Waals surface area contributed by atoms with E-state index in [1.165, 1.54) is 5.56 Å². The third-order valence-corrected chi connectivity index (χ3v) is 4.40. The Hall–Kier alpha value is -2.52. The Morgan fingerprint density at radius 1 is 1.40 bits per heavy atom. The van der Waals surface area contributed by atoms with Crippen molar-refractivity contribution in [3.63, 3.8) is 0 Å². The molecule has 0 saturated heterocycles. The van der Waals surface area contributed by atoms with Crippen molar-refractivity contribution in [3.05, 3.63) is 45.9 Å². The normalized spacial score (nSPS) is 11.0. The fourth-order valence-corrected chi connectivity index (χ4v) is 2.98. The van der Waals surface area contributed by atoms with Crippen LogP contribution in [0.3, 0.4) is 0 Å². The van der Waals surface area contributed by atoms with Gasteiger partial charge in [-0.2, -0.15) is 0 Å². The van der Waals surface area contributed by atoms with E-state index in [4.69, 9.17) is 11.2 Å². The first-order chi connectivity index (χ1) is 12.1. The molecule has 0 bridgehead atoms. The molecule has 0 fully saturated rings. The first-order valence-corrected chi connectivity index (χ1v) is 8.98. The van der Waals surface area contributed by atoms with Crippen LogP contribution in [-0.2, 0) is 13.0 Å². The number of aryl methyl sites for hydroxylation is 1. The molecule has 25 heavy (non-hydrogen) atoms. The highest BCUT2D eigenvalue weighted by atomic mass is 32.1. The van der Waals surface area contributed by atoms with Crippen LogP contribution in [0.4, 0.5) is 0 Å². The molecule has 0 aliphatic heterocycles. The number of nitrogens with zero attached hydrogens (tertiary/aromatic N) is 3. The second-order valence-electron chi connectivity index (χ2n) is 5.57. The number of guanidine groups is 1. The second kappa shape index (κ2) is 9.70. The van der Waals surface area contributed by atoms with Gasteiger partial charge in [0.05, 0.1) is 17.2 Å². The first-order valence-electron chi connectivity index (χ1n) is 8.10. The van der Waals surface area contributed by atoms with Crippen molar-refractivity contribution >= 4 is 17.3 Å². The Kier molecular flexibility index (Phi) is 7.30. The number of thiazole rings is 1. The monoisotopic (exact) mass is 356 g/mol. The highest BCUT2D eigenvalue weighted by Gasteiger charge is 2.08. The van der Waals surface area contributed by atoms with Gasteiger partial charge in [-0.3, -0.25) is 4.99 Å². The molecule has 6 heteroatoms. The maximum Gasteiger partial charge on any atom is 0.193 e. The number of terminal acetylenes is 1. The predicted molar refractivity (Wildman–Crippen MR) is 104 cm³/mol. The summed E-state index contributed by atoms with van der Waals surface area (Å²) in [4.78, 5) is 10.9. The molecule has 1 aromatic heterocycles. The fourth-order valence-electron chi connectivity index (χ4n) is 2.38. The lowest BCUT2D eigenvalue weighted by molar-refractivity contribution is 0.370. The van der Waals surface area contributed by atoms with E-state index in [1.807, 2.05) is 26.1 Å². The van der Waals surface area contributed by atoms with Crippen LogP contribution in [0, 0.1) is 19.3 Å². The van der Waals surface area contributed by atoms with Crippen molar-refractivity contribution in [2.45, 2.75) is 19.9 Å². The Morgan fingerprint density at radius 3 is 2.76 bits per heavy atom. The van der Waals surface area contributed by atoms with Gasteiger partial charge in [-0.25, -0.2) is 4.98 Å². The van der Waals surface area contributed by atoms with Crippen LogP contribution in [0.2, 0.25) is 0 Å². The largest absolute Gasteiger partial charge is 0.481 e. The van der Waals surface area contributed by atoms with Crippen LogP contribution in [0.5, 0.6) is 5.75 Å². The maximum absolute atomic E-state index is 5.38. The molecule has 0 amide bonds. The van der Waals surface area contributed by atoms with Crippen molar-refractivity contribution in [1.82, 2.24) is 15.2 Å². The lowest BCUT2D eigenvalue weighted by Gasteiger charge is -2.21. The summed E-state index contributed by atoms with van der Waals surface area (Å²) in [5.74, 6) is 4.12. The lowest BCUT2D eigenvalue weighted by Crippen LogP contribution is -2.39. The highest BCUT2D eigenvalue weighted by Crippen LogP contribution is 2.12. The van der Waals surface area contributed by atoms with E-state index < -0.39 is 0 Å². The minimum atomic E-state index is 0.294. The Bertz CT molecular complexity index is 731. The molecular weight excluding hydrogens is 332 g/mol. The molecule has 0 aliphatic carbocycles. The topological polar surface area (TPSA) is 49.8 Å². The molecule has 5 nitrogen and oxygen atoms in total. The van der Waals surface area contributed by atoms with Crippen molar-refractivity contribution in [2.24, 2.45) is 4.99 Å². The summed E-state index contributed by atoms with van der Waals surface area (Å²) in [6.07, 6.45) is 6.09. The number of benzene rings is 1. The molecule has 1 heterocycles. The van der Waals surface area contributed by atoms with E-state index in [9.17, 15) is 0 Å². The summed E-state index contributed by atoms with van der Waals surface area (Å²) in [5, 5.41) is 6.56. The van der Waals surface area contributed by atoms with Crippen molar-refractivity contribution in [2.75, 3.05) is 27.2 Å². The van der Waals surface area contributed by atoms with Gasteiger partial charge in [-0.1, -0.05) is 18.1 Å². The van der Waals surface area contributed by atoms with Gasteiger partial charge >= 0.3 is 0 Å². The van der Waals surface area contributed by atoms with Crippen LogP contribution in [-0.4, -0.2) is 43.1 Å². The molecule has 2 aromatic rings. The van der Waals surface area contributed by atoms with Gasteiger partial charge in [0.2, 0.25) is 0 Å². The van der Waals surface area contributed by atoms with E-state index in [1.54, 1.807) is 18.4 Å². The number of aliphatic imine (C=N–C) groups is 1. The molecule has 0 atom stereocenters. The number of nitrogens with one attached hydrogen (secondary N) is 1. The molecule has 1 N–H and O–H groups in total. The average Bonchev–Trinajstić information content (AvgIpc) is 3.02. The molecule has 2 rings (SSSR count). The highest BCUT2D eigenvalue weighted by molar-refractivity contribution is 7.09. The molecule has 0 saturated carbocycles. The molecule has 0 spiro atoms. The Balaban J connectivity index is 1.79. The van der Waals surface area contributed by atoms with E-state index >= 15 is 0 Å². The van der Waals surface area contributed by atoms with Gasteiger partial charge in [0.1, 0.15) is 12.4 Å². The molecule has 0 unspecified atom stereocenters. The van der Waals surface area contributed by atoms with Gasteiger partial charge in [0.15, 0.2) is 5.96 Å². The third-order valence-electron chi connectivity index (χ3n) is 3.58. The zero-order valence-electron chi connectivity index (χ0n) is 15.0. The number of ether oxygens (including phenoxy) is 1. The van der Waals surface area contributed by atoms with E-state index in [0.717, 1.165) is 41.9 Å². The number of aromatic nitrogens is 1. The quantitative estimate of drug-likeness (QED) is 0.471. The number of hydrogen-bond donors (Lipinski definition) is 1. The van der Waals surface area contributed by atoms with E-state index in [-0.39, 0.29) is 0 Å². The van der Waals surface area contributed by atoms with Crippen LogP contribution >= 0.6 is 11.3 Å². The van der Waals surface area contributed by atoms with Crippen molar-refractivity contribution in [3.8, 4) is 18.1 Å². The van der Waals surface area contributed by atoms with E-state index in [2.05, 4.69) is 43.6 Å². The second-order valence-corrected chi connectivity index (χ2v) is 6.64. The van der Waals surface area contributed by atoms with Crippen LogP contribution < -0.4 is 10.1 Å². The smallest absolute Gasteiger partial charge is 0.193 e. The zero-order valence-corrected chi connectivity index (χ0v) is 15.8. The summed E-state index contributed by atoms with van der Waals surface area (Å²) in [5.41, 5.74) is 2.30. The molecule has 1 aromatic carbocycles. The molecule has 0 radical (unpaired) electrons. The average molecular weight is 356 g/mol. The minimum Gasteiger partial charge on any atom is -0.481 e. The van der Waals surface area contributed by atoms with Crippen LogP contribution in [0.25, 0.3) is 0 Å². The first kappa shape index (κ1) is 18.8. The molecular formula is C19H24N4OS. The minimum absolute atomic E-state index is 0.294. The van der Waals surface area contributed by atoms with Gasteiger partial charge in [-0.05, 0) is 31.0 Å². The van der Waals surface area contributed by atoms with Gasteiger partial charge in [-0.15, -0.1) is 17.8 Å². The predicted octanol–water partition coefficient (Wildman–Crippen LogP) is 2.71.